The molecular formula is C16H18N2O3S. The molecule has 6 heteroatoms. The summed E-state index contributed by atoms with van der Waals surface area (Å²) in [7, 11) is 0. The number of para-hydroxylation sites is 1. The third kappa shape index (κ3) is 4.60. The van der Waals surface area contributed by atoms with Gasteiger partial charge in [-0.2, -0.15) is 0 Å². The van der Waals surface area contributed by atoms with Gasteiger partial charge >= 0.3 is 5.97 Å². The Hall–Kier alpha value is -2.34. The van der Waals surface area contributed by atoms with E-state index in [-0.39, 0.29) is 19.0 Å². The highest BCUT2D eigenvalue weighted by atomic mass is 32.1. The normalized spacial score (nSPS) is 10.2. The van der Waals surface area contributed by atoms with Crippen LogP contribution in [0.15, 0.2) is 41.8 Å². The van der Waals surface area contributed by atoms with Gasteiger partial charge in [-0.1, -0.05) is 18.2 Å². The quantitative estimate of drug-likeness (QED) is 0.821. The molecule has 1 aromatic carbocycles. The molecule has 2 aromatic rings. The number of carboxylic acids is 1. The molecule has 0 unspecified atom stereocenters. The molecule has 0 aliphatic rings. The van der Waals surface area contributed by atoms with Crippen molar-refractivity contribution >= 4 is 28.9 Å². The highest BCUT2D eigenvalue weighted by Gasteiger charge is 2.14. The summed E-state index contributed by atoms with van der Waals surface area (Å²) in [5, 5.41) is 13.8. The maximum absolute atomic E-state index is 12.1. The SMILES string of the molecule is Cc1ccsc1CNC(=O)CN(CC(=O)O)c1ccccc1. The molecule has 2 N–H and O–H groups in total. The Balaban J connectivity index is 1.96. The molecular weight excluding hydrogens is 300 g/mol. The minimum atomic E-state index is -0.967. The summed E-state index contributed by atoms with van der Waals surface area (Å²) in [4.78, 5) is 25.7. The number of nitrogens with zero attached hydrogens (tertiary/aromatic N) is 1. The molecule has 0 aliphatic heterocycles. The maximum atomic E-state index is 12.1. The first-order valence-electron chi connectivity index (χ1n) is 6.87. The Morgan fingerprint density at radius 2 is 1.91 bits per heavy atom. The number of amides is 1. The number of thiophene rings is 1. The molecule has 22 heavy (non-hydrogen) atoms. The summed E-state index contributed by atoms with van der Waals surface area (Å²) in [6.45, 7) is 2.27. The van der Waals surface area contributed by atoms with Crippen molar-refractivity contribution in [2.75, 3.05) is 18.0 Å². The Kier molecular flexibility index (Phi) is 5.55. The molecule has 0 bridgehead atoms. The van der Waals surface area contributed by atoms with E-state index in [1.165, 1.54) is 0 Å². The molecule has 1 heterocycles. The lowest BCUT2D eigenvalue weighted by Crippen LogP contribution is -2.39. The summed E-state index contributed by atoms with van der Waals surface area (Å²) in [5.41, 5.74) is 1.86. The van der Waals surface area contributed by atoms with Gasteiger partial charge in [-0.25, -0.2) is 0 Å². The van der Waals surface area contributed by atoms with Crippen molar-refractivity contribution in [3.05, 3.63) is 52.2 Å². The van der Waals surface area contributed by atoms with E-state index in [2.05, 4.69) is 5.32 Å². The molecule has 0 fully saturated rings. The molecule has 116 valence electrons. The zero-order valence-electron chi connectivity index (χ0n) is 12.3. The first kappa shape index (κ1) is 16.0. The van der Waals surface area contributed by atoms with Gasteiger partial charge in [-0.05, 0) is 36.1 Å². The van der Waals surface area contributed by atoms with Gasteiger partial charge in [0.2, 0.25) is 5.91 Å². The van der Waals surface area contributed by atoms with Gasteiger partial charge in [-0.15, -0.1) is 11.3 Å². The second-order valence-electron chi connectivity index (χ2n) is 4.89. The molecule has 0 saturated carbocycles. The molecule has 2 rings (SSSR count). The fourth-order valence-electron chi connectivity index (χ4n) is 2.03. The standard InChI is InChI=1S/C16H18N2O3S/c1-12-7-8-22-14(12)9-17-15(19)10-18(11-16(20)21)13-5-3-2-4-6-13/h2-8H,9-11H2,1H3,(H,17,19)(H,20,21). The smallest absolute Gasteiger partial charge is 0.323 e. The lowest BCUT2D eigenvalue weighted by Gasteiger charge is -2.22. The number of carbonyl (C=O) groups excluding carboxylic acids is 1. The number of benzene rings is 1. The largest absolute Gasteiger partial charge is 0.480 e. The van der Waals surface area contributed by atoms with Crippen molar-refractivity contribution in [2.24, 2.45) is 0 Å². The number of carbonyl (C=O) groups is 2. The summed E-state index contributed by atoms with van der Waals surface area (Å²) in [6.07, 6.45) is 0. The number of hydrogen-bond acceptors (Lipinski definition) is 4. The molecule has 0 atom stereocenters. The number of aliphatic carboxylic acids is 1. The minimum Gasteiger partial charge on any atom is -0.480 e. The van der Waals surface area contributed by atoms with Crippen LogP contribution in [0, 0.1) is 6.92 Å². The predicted molar refractivity (Wildman–Crippen MR) is 87.2 cm³/mol. The monoisotopic (exact) mass is 318 g/mol. The first-order chi connectivity index (χ1) is 10.6. The summed E-state index contributed by atoms with van der Waals surface area (Å²) in [6, 6.07) is 11.1. The third-order valence-corrected chi connectivity index (χ3v) is 4.22. The van der Waals surface area contributed by atoms with Crippen LogP contribution in [-0.2, 0) is 16.1 Å². The molecule has 1 aromatic heterocycles. The van der Waals surface area contributed by atoms with Crippen LogP contribution in [0.2, 0.25) is 0 Å². The van der Waals surface area contributed by atoms with Crippen molar-refractivity contribution in [1.29, 1.82) is 0 Å². The van der Waals surface area contributed by atoms with Gasteiger partial charge in [0.1, 0.15) is 6.54 Å². The van der Waals surface area contributed by atoms with Gasteiger partial charge in [0, 0.05) is 10.6 Å². The fraction of sp³-hybridized carbons (Fsp3) is 0.250. The fourth-order valence-corrected chi connectivity index (χ4v) is 2.88. The van der Waals surface area contributed by atoms with E-state index in [1.54, 1.807) is 28.4 Å². The van der Waals surface area contributed by atoms with Crippen LogP contribution < -0.4 is 10.2 Å². The molecule has 0 saturated heterocycles. The minimum absolute atomic E-state index is 0.0146. The van der Waals surface area contributed by atoms with Crippen molar-refractivity contribution in [3.8, 4) is 0 Å². The number of nitrogens with one attached hydrogen (secondary N) is 1. The van der Waals surface area contributed by atoms with E-state index in [4.69, 9.17) is 5.11 Å². The van der Waals surface area contributed by atoms with Crippen molar-refractivity contribution in [3.63, 3.8) is 0 Å². The number of anilines is 1. The lowest BCUT2D eigenvalue weighted by molar-refractivity contribution is -0.135. The number of rotatable bonds is 7. The Labute approximate surface area is 133 Å². The van der Waals surface area contributed by atoms with E-state index in [9.17, 15) is 9.59 Å². The zero-order chi connectivity index (χ0) is 15.9. The van der Waals surface area contributed by atoms with E-state index < -0.39 is 5.97 Å². The van der Waals surface area contributed by atoms with E-state index in [1.807, 2.05) is 36.6 Å². The van der Waals surface area contributed by atoms with Crippen molar-refractivity contribution < 1.29 is 14.7 Å². The van der Waals surface area contributed by atoms with Gasteiger partial charge in [0.15, 0.2) is 0 Å². The number of aryl methyl sites for hydroxylation is 1. The second kappa shape index (κ2) is 7.61. The van der Waals surface area contributed by atoms with Crippen LogP contribution in [0.25, 0.3) is 0 Å². The zero-order valence-corrected chi connectivity index (χ0v) is 13.1. The van der Waals surface area contributed by atoms with E-state index >= 15 is 0 Å². The summed E-state index contributed by atoms with van der Waals surface area (Å²) >= 11 is 1.60. The summed E-state index contributed by atoms with van der Waals surface area (Å²) in [5.74, 6) is -1.16. The molecule has 0 spiro atoms. The van der Waals surface area contributed by atoms with Crippen LogP contribution in [0.5, 0.6) is 0 Å². The van der Waals surface area contributed by atoms with Crippen molar-refractivity contribution in [2.45, 2.75) is 13.5 Å². The highest BCUT2D eigenvalue weighted by Crippen LogP contribution is 2.15. The Morgan fingerprint density at radius 3 is 2.50 bits per heavy atom. The van der Waals surface area contributed by atoms with Crippen molar-refractivity contribution in [1.82, 2.24) is 5.32 Å². The average Bonchev–Trinajstić information content (AvgIpc) is 2.90. The van der Waals surface area contributed by atoms with E-state index in [0.29, 0.717) is 12.2 Å². The van der Waals surface area contributed by atoms with Crippen LogP contribution >= 0.6 is 11.3 Å². The lowest BCUT2D eigenvalue weighted by atomic mass is 10.2. The topological polar surface area (TPSA) is 69.6 Å². The van der Waals surface area contributed by atoms with Gasteiger partial charge in [0.25, 0.3) is 0 Å². The number of hydrogen-bond donors (Lipinski definition) is 2. The van der Waals surface area contributed by atoms with Gasteiger partial charge in [0.05, 0.1) is 13.1 Å². The number of carboxylic acid groups (broad SMARTS) is 1. The molecule has 5 nitrogen and oxygen atoms in total. The van der Waals surface area contributed by atoms with Crippen LogP contribution in [-0.4, -0.2) is 30.1 Å². The molecule has 0 aliphatic carbocycles. The van der Waals surface area contributed by atoms with Crippen LogP contribution in [0.4, 0.5) is 5.69 Å². The predicted octanol–water partition coefficient (Wildman–Crippen LogP) is 2.26. The average molecular weight is 318 g/mol. The van der Waals surface area contributed by atoms with Gasteiger partial charge < -0.3 is 15.3 Å². The first-order valence-corrected chi connectivity index (χ1v) is 7.75. The second-order valence-corrected chi connectivity index (χ2v) is 5.89. The third-order valence-electron chi connectivity index (χ3n) is 3.20. The van der Waals surface area contributed by atoms with Crippen LogP contribution in [0.3, 0.4) is 0 Å². The Bertz CT molecular complexity index is 640. The molecule has 1 amide bonds. The van der Waals surface area contributed by atoms with Gasteiger partial charge in [-0.3, -0.25) is 9.59 Å². The summed E-state index contributed by atoms with van der Waals surface area (Å²) < 4.78 is 0. The highest BCUT2D eigenvalue weighted by molar-refractivity contribution is 7.10. The maximum Gasteiger partial charge on any atom is 0.323 e. The van der Waals surface area contributed by atoms with E-state index in [0.717, 1.165) is 10.4 Å². The molecule has 0 radical (unpaired) electrons. The Morgan fingerprint density at radius 1 is 1.18 bits per heavy atom. The van der Waals surface area contributed by atoms with Crippen LogP contribution in [0.1, 0.15) is 10.4 Å².